The van der Waals surface area contributed by atoms with Gasteiger partial charge in [0.25, 0.3) is 5.71 Å². The van der Waals surface area contributed by atoms with Crippen molar-refractivity contribution in [2.75, 3.05) is 18.0 Å². The number of benzene rings is 1. The van der Waals surface area contributed by atoms with E-state index in [1.807, 2.05) is 0 Å². The first-order valence-electron chi connectivity index (χ1n) is 12.1. The van der Waals surface area contributed by atoms with Crippen molar-refractivity contribution in [3.05, 3.63) is 36.4 Å². The minimum atomic E-state index is -0.335. The highest BCUT2D eigenvalue weighted by atomic mass is 19.1. The van der Waals surface area contributed by atoms with Crippen LogP contribution >= 0.6 is 0 Å². The van der Waals surface area contributed by atoms with Gasteiger partial charge < -0.3 is 14.7 Å². The molecule has 0 unspecified atom stereocenters. The highest BCUT2D eigenvalue weighted by molar-refractivity contribution is 5.98. The van der Waals surface area contributed by atoms with Gasteiger partial charge in [0.15, 0.2) is 0 Å². The van der Waals surface area contributed by atoms with Crippen molar-refractivity contribution in [2.24, 2.45) is 5.92 Å². The molecule has 1 aromatic carbocycles. The number of aromatic nitrogens is 3. The molecule has 0 spiro atoms. The molecule has 7 nitrogen and oxygen atoms in total. The second kappa shape index (κ2) is 9.85. The Bertz CT molecular complexity index is 1100. The Balaban J connectivity index is 1.28. The summed E-state index contributed by atoms with van der Waals surface area (Å²) in [6, 6.07) is 6.59. The highest BCUT2D eigenvalue weighted by Crippen LogP contribution is 2.35. The maximum Gasteiger partial charge on any atom is 0.263 e. The van der Waals surface area contributed by atoms with Gasteiger partial charge in [-0.15, -0.1) is 0 Å². The number of halogens is 1. The molecule has 8 heteroatoms. The van der Waals surface area contributed by atoms with Crippen LogP contribution in [0.25, 0.3) is 22.4 Å². The Morgan fingerprint density at radius 2 is 1.79 bits per heavy atom. The first kappa shape index (κ1) is 21.8. The summed E-state index contributed by atoms with van der Waals surface area (Å²) in [6.07, 6.45) is 11.5. The Hall–Kier alpha value is -3.03. The number of anilines is 1. The van der Waals surface area contributed by atoms with E-state index in [-0.39, 0.29) is 17.6 Å². The minimum Gasteiger partial charge on any atom is -0.356 e. The summed E-state index contributed by atoms with van der Waals surface area (Å²) in [4.78, 5) is 23.8. The fraction of sp³-hybridized carbons (Fsp3) is 0.520. The van der Waals surface area contributed by atoms with E-state index in [1.165, 1.54) is 50.6 Å². The zero-order valence-electron chi connectivity index (χ0n) is 18.8. The van der Waals surface area contributed by atoms with Crippen LogP contribution in [0, 0.1) is 11.7 Å². The van der Waals surface area contributed by atoms with Crippen molar-refractivity contribution >= 4 is 22.8 Å². The Morgan fingerprint density at radius 1 is 1.03 bits per heavy atom. The topological polar surface area (TPSA) is 84.2 Å². The molecule has 1 N–H and O–H groups in total. The molecule has 0 bridgehead atoms. The van der Waals surface area contributed by atoms with Crippen molar-refractivity contribution in [3.63, 3.8) is 0 Å². The van der Waals surface area contributed by atoms with Gasteiger partial charge in [0.05, 0.1) is 0 Å². The predicted molar refractivity (Wildman–Crippen MR) is 124 cm³/mol. The van der Waals surface area contributed by atoms with Gasteiger partial charge in [-0.25, -0.2) is 9.37 Å². The zero-order chi connectivity index (χ0) is 22.6. The second-order valence-corrected chi connectivity index (χ2v) is 9.23. The van der Waals surface area contributed by atoms with Crippen LogP contribution in [0.5, 0.6) is 0 Å². The Kier molecular flexibility index (Phi) is 6.51. The van der Waals surface area contributed by atoms with Crippen molar-refractivity contribution in [2.45, 2.75) is 63.8 Å². The van der Waals surface area contributed by atoms with E-state index in [0.29, 0.717) is 41.5 Å². The molecule has 2 aliphatic rings. The molecule has 1 aliphatic carbocycles. The maximum absolute atomic E-state index is 13.8. The van der Waals surface area contributed by atoms with Gasteiger partial charge in [-0.05, 0) is 37.8 Å². The lowest BCUT2D eigenvalue weighted by atomic mass is 9.93. The lowest BCUT2D eigenvalue weighted by Gasteiger charge is -2.33. The summed E-state index contributed by atoms with van der Waals surface area (Å²) in [5, 5.41) is 8.16. The van der Waals surface area contributed by atoms with E-state index < -0.39 is 0 Å². The number of piperidine rings is 1. The van der Waals surface area contributed by atoms with E-state index >= 15 is 0 Å². The smallest absolute Gasteiger partial charge is 0.263 e. The number of carbonyl (C=O) groups is 1. The SMILES string of the molecule is O=C(NC1CCCCCCC1)C1CCN(c2ncnc3onc(-c4cccc(F)c4)c23)CC1. The molecular formula is C25H30FN5O2. The average molecular weight is 452 g/mol. The molecule has 0 atom stereocenters. The lowest BCUT2D eigenvalue weighted by molar-refractivity contribution is -0.126. The van der Waals surface area contributed by atoms with Gasteiger partial charge in [-0.1, -0.05) is 49.4 Å². The normalized spacial score (nSPS) is 18.8. The summed E-state index contributed by atoms with van der Waals surface area (Å²) >= 11 is 0. The molecular weight excluding hydrogens is 421 g/mol. The molecule has 1 aliphatic heterocycles. The second-order valence-electron chi connectivity index (χ2n) is 9.23. The molecule has 1 saturated heterocycles. The van der Waals surface area contributed by atoms with Crippen molar-refractivity contribution in [1.82, 2.24) is 20.4 Å². The van der Waals surface area contributed by atoms with Crippen LogP contribution in [0.4, 0.5) is 10.2 Å². The first-order valence-corrected chi connectivity index (χ1v) is 12.1. The van der Waals surface area contributed by atoms with Crippen LogP contribution in [0.1, 0.15) is 57.8 Å². The van der Waals surface area contributed by atoms with E-state index in [0.717, 1.165) is 31.5 Å². The number of nitrogens with zero attached hydrogens (tertiary/aromatic N) is 4. The van der Waals surface area contributed by atoms with Gasteiger partial charge in [-0.2, -0.15) is 4.98 Å². The van der Waals surface area contributed by atoms with Crippen molar-refractivity contribution in [3.8, 4) is 11.3 Å². The third-order valence-electron chi connectivity index (χ3n) is 6.97. The maximum atomic E-state index is 13.8. The van der Waals surface area contributed by atoms with E-state index in [4.69, 9.17) is 4.52 Å². The quantitative estimate of drug-likeness (QED) is 0.609. The third kappa shape index (κ3) is 4.84. The molecule has 0 radical (unpaired) electrons. The number of carbonyl (C=O) groups excluding carboxylic acids is 1. The molecule has 1 amide bonds. The van der Waals surface area contributed by atoms with E-state index in [9.17, 15) is 9.18 Å². The largest absolute Gasteiger partial charge is 0.356 e. The Labute approximate surface area is 192 Å². The molecule has 33 heavy (non-hydrogen) atoms. The summed E-state index contributed by atoms with van der Waals surface area (Å²) in [5.41, 5.74) is 1.53. The van der Waals surface area contributed by atoms with Crippen LogP contribution < -0.4 is 10.2 Å². The van der Waals surface area contributed by atoms with E-state index in [1.54, 1.807) is 12.1 Å². The molecule has 5 rings (SSSR count). The number of nitrogens with one attached hydrogen (secondary N) is 1. The van der Waals surface area contributed by atoms with Crippen LogP contribution in [-0.4, -0.2) is 40.2 Å². The summed E-state index contributed by atoms with van der Waals surface area (Å²) in [5.74, 6) is 0.602. The standard InChI is InChI=1S/C25H30FN5O2/c26-19-8-6-7-18(15-19)22-21-23(27-16-28-25(21)33-30-22)31-13-11-17(12-14-31)24(32)29-20-9-4-2-1-3-5-10-20/h6-8,15-17,20H,1-5,9-14H2,(H,29,32). The first-order chi connectivity index (χ1) is 16.2. The summed E-state index contributed by atoms with van der Waals surface area (Å²) in [7, 11) is 0. The fourth-order valence-electron chi connectivity index (χ4n) is 5.12. The zero-order valence-corrected chi connectivity index (χ0v) is 18.8. The molecule has 174 valence electrons. The van der Waals surface area contributed by atoms with Gasteiger partial charge in [0, 0.05) is 30.6 Å². The van der Waals surface area contributed by atoms with Crippen molar-refractivity contribution < 1.29 is 13.7 Å². The molecule has 2 aromatic heterocycles. The average Bonchev–Trinajstić information content (AvgIpc) is 3.25. The van der Waals surface area contributed by atoms with Gasteiger partial charge in [-0.3, -0.25) is 4.79 Å². The van der Waals surface area contributed by atoms with Gasteiger partial charge in [0.1, 0.15) is 29.0 Å². The monoisotopic (exact) mass is 451 g/mol. The summed E-state index contributed by atoms with van der Waals surface area (Å²) < 4.78 is 19.2. The van der Waals surface area contributed by atoms with Crippen molar-refractivity contribution in [1.29, 1.82) is 0 Å². The number of hydrogen-bond acceptors (Lipinski definition) is 6. The van der Waals surface area contributed by atoms with Crippen LogP contribution in [-0.2, 0) is 4.79 Å². The molecule has 2 fully saturated rings. The highest BCUT2D eigenvalue weighted by Gasteiger charge is 2.29. The van der Waals surface area contributed by atoms with E-state index in [2.05, 4.69) is 25.3 Å². The predicted octanol–water partition coefficient (Wildman–Crippen LogP) is 4.87. The number of rotatable bonds is 4. The minimum absolute atomic E-state index is 0.0224. The molecule has 1 saturated carbocycles. The van der Waals surface area contributed by atoms with Crippen LogP contribution in [0.15, 0.2) is 35.1 Å². The molecule has 3 aromatic rings. The number of hydrogen-bond donors (Lipinski definition) is 1. The number of amides is 1. The van der Waals surface area contributed by atoms with Gasteiger partial charge >= 0.3 is 0 Å². The Morgan fingerprint density at radius 3 is 2.55 bits per heavy atom. The fourth-order valence-corrected chi connectivity index (χ4v) is 5.12. The van der Waals surface area contributed by atoms with Crippen LogP contribution in [0.3, 0.4) is 0 Å². The van der Waals surface area contributed by atoms with Crippen LogP contribution in [0.2, 0.25) is 0 Å². The number of fused-ring (bicyclic) bond motifs is 1. The third-order valence-corrected chi connectivity index (χ3v) is 6.97. The lowest BCUT2D eigenvalue weighted by Crippen LogP contribution is -2.44. The summed E-state index contributed by atoms with van der Waals surface area (Å²) in [6.45, 7) is 1.42. The molecule has 3 heterocycles. The van der Waals surface area contributed by atoms with Gasteiger partial charge in [0.2, 0.25) is 5.91 Å².